The number of hydrogen-bond acceptors (Lipinski definition) is 4. The van der Waals surface area contributed by atoms with E-state index in [9.17, 15) is 4.79 Å². The summed E-state index contributed by atoms with van der Waals surface area (Å²) in [6, 6.07) is 0.304. The number of urea groups is 1. The fraction of sp³-hybridized carbons (Fsp3) is 0.786. The molecule has 2 aliphatic rings. The number of likely N-dealkylation sites (tertiary alicyclic amines) is 1. The van der Waals surface area contributed by atoms with E-state index < -0.39 is 0 Å². The average molecular weight is 278 g/mol. The standard InChI is InChI=1S/C14H22N4O2/c1-10-15-13(20-17-10)12-8-4-5-9-18(12)14(19)16-11-6-2-3-7-11/h11-12H,2-9H2,1H3,(H,16,19)/t12-/m1/s1. The molecule has 20 heavy (non-hydrogen) atoms. The Bertz CT molecular complexity index is 467. The van der Waals surface area contributed by atoms with Crippen LogP contribution < -0.4 is 5.32 Å². The molecular weight excluding hydrogens is 256 g/mol. The van der Waals surface area contributed by atoms with Crippen molar-refractivity contribution in [2.24, 2.45) is 0 Å². The topological polar surface area (TPSA) is 71.3 Å². The molecule has 6 nitrogen and oxygen atoms in total. The van der Waals surface area contributed by atoms with E-state index in [0.29, 0.717) is 17.8 Å². The van der Waals surface area contributed by atoms with Gasteiger partial charge in [-0.2, -0.15) is 4.98 Å². The zero-order chi connectivity index (χ0) is 13.9. The molecule has 2 fully saturated rings. The molecule has 1 saturated carbocycles. The molecule has 0 spiro atoms. The molecule has 1 aromatic heterocycles. The maximum atomic E-state index is 12.5. The lowest BCUT2D eigenvalue weighted by atomic mass is 10.0. The van der Waals surface area contributed by atoms with Crippen molar-refractivity contribution in [2.75, 3.05) is 6.54 Å². The van der Waals surface area contributed by atoms with Crippen molar-refractivity contribution in [1.29, 1.82) is 0 Å². The van der Waals surface area contributed by atoms with Crippen molar-refractivity contribution in [2.45, 2.75) is 64.0 Å². The molecule has 0 aromatic carbocycles. The minimum atomic E-state index is -0.0636. The van der Waals surface area contributed by atoms with E-state index in [-0.39, 0.29) is 12.1 Å². The maximum Gasteiger partial charge on any atom is 0.318 e. The zero-order valence-corrected chi connectivity index (χ0v) is 12.0. The summed E-state index contributed by atoms with van der Waals surface area (Å²) in [7, 11) is 0. The first-order valence-electron chi connectivity index (χ1n) is 7.61. The van der Waals surface area contributed by atoms with E-state index in [1.165, 1.54) is 12.8 Å². The summed E-state index contributed by atoms with van der Waals surface area (Å²) in [5, 5.41) is 7.00. The highest BCUT2D eigenvalue weighted by Crippen LogP contribution is 2.30. The normalized spacial score (nSPS) is 24.1. The van der Waals surface area contributed by atoms with Crippen LogP contribution in [-0.2, 0) is 0 Å². The molecule has 2 heterocycles. The molecule has 0 unspecified atom stereocenters. The van der Waals surface area contributed by atoms with E-state index in [1.54, 1.807) is 6.92 Å². The van der Waals surface area contributed by atoms with Crippen LogP contribution in [0.5, 0.6) is 0 Å². The fourth-order valence-electron chi connectivity index (χ4n) is 3.21. The van der Waals surface area contributed by atoms with Gasteiger partial charge in [0.25, 0.3) is 0 Å². The predicted molar refractivity (Wildman–Crippen MR) is 73.1 cm³/mol. The summed E-state index contributed by atoms with van der Waals surface area (Å²) >= 11 is 0. The van der Waals surface area contributed by atoms with Crippen molar-refractivity contribution in [3.63, 3.8) is 0 Å². The summed E-state index contributed by atoms with van der Waals surface area (Å²) in [6.45, 7) is 2.57. The van der Waals surface area contributed by atoms with Crippen molar-refractivity contribution < 1.29 is 9.32 Å². The molecule has 110 valence electrons. The first-order chi connectivity index (χ1) is 9.74. The third kappa shape index (κ3) is 2.78. The molecule has 1 saturated heterocycles. The summed E-state index contributed by atoms with van der Waals surface area (Å²) in [5.74, 6) is 1.20. The van der Waals surface area contributed by atoms with Crippen LogP contribution >= 0.6 is 0 Å². The number of aryl methyl sites for hydroxylation is 1. The number of piperidine rings is 1. The van der Waals surface area contributed by atoms with Crippen LogP contribution in [0.25, 0.3) is 0 Å². The van der Waals surface area contributed by atoms with E-state index in [0.717, 1.165) is 38.6 Å². The van der Waals surface area contributed by atoms with Gasteiger partial charge in [0.1, 0.15) is 6.04 Å². The molecular formula is C14H22N4O2. The van der Waals surface area contributed by atoms with Gasteiger partial charge < -0.3 is 14.7 Å². The lowest BCUT2D eigenvalue weighted by molar-refractivity contribution is 0.129. The molecule has 1 aliphatic carbocycles. The second-order valence-electron chi connectivity index (χ2n) is 5.82. The molecule has 2 amide bonds. The summed E-state index contributed by atoms with van der Waals surface area (Å²) in [5.41, 5.74) is 0. The Balaban J connectivity index is 1.69. The van der Waals surface area contributed by atoms with Crippen molar-refractivity contribution in [3.05, 3.63) is 11.7 Å². The Morgan fingerprint density at radius 2 is 2.00 bits per heavy atom. The van der Waals surface area contributed by atoms with E-state index in [2.05, 4.69) is 15.5 Å². The number of amides is 2. The van der Waals surface area contributed by atoms with Crippen LogP contribution in [0.2, 0.25) is 0 Å². The van der Waals surface area contributed by atoms with Crippen LogP contribution in [-0.4, -0.2) is 33.7 Å². The first-order valence-corrected chi connectivity index (χ1v) is 7.61. The Morgan fingerprint density at radius 3 is 2.70 bits per heavy atom. The van der Waals surface area contributed by atoms with Gasteiger partial charge in [-0.3, -0.25) is 0 Å². The monoisotopic (exact) mass is 278 g/mol. The lowest BCUT2D eigenvalue weighted by Gasteiger charge is -2.34. The number of nitrogens with zero attached hydrogens (tertiary/aromatic N) is 3. The van der Waals surface area contributed by atoms with Gasteiger partial charge in [-0.1, -0.05) is 18.0 Å². The summed E-state index contributed by atoms with van der Waals surface area (Å²) in [4.78, 5) is 18.6. The number of aromatic nitrogens is 2. The van der Waals surface area contributed by atoms with Gasteiger partial charge in [-0.25, -0.2) is 4.79 Å². The van der Waals surface area contributed by atoms with Gasteiger partial charge in [-0.15, -0.1) is 0 Å². The van der Waals surface area contributed by atoms with Crippen LogP contribution in [0.3, 0.4) is 0 Å². The highest BCUT2D eigenvalue weighted by Gasteiger charge is 2.33. The maximum absolute atomic E-state index is 12.5. The van der Waals surface area contributed by atoms with Crippen LogP contribution in [0.4, 0.5) is 4.79 Å². The second kappa shape index (κ2) is 5.81. The van der Waals surface area contributed by atoms with Crippen LogP contribution in [0.1, 0.15) is 62.7 Å². The number of carbonyl (C=O) groups excluding carboxylic acids is 1. The lowest BCUT2D eigenvalue weighted by Crippen LogP contribution is -2.47. The molecule has 0 radical (unpaired) electrons. The Labute approximate surface area is 118 Å². The first kappa shape index (κ1) is 13.4. The smallest absolute Gasteiger partial charge is 0.318 e. The molecule has 1 atom stereocenters. The van der Waals surface area contributed by atoms with Gasteiger partial charge in [-0.05, 0) is 39.0 Å². The average Bonchev–Trinajstić information content (AvgIpc) is 3.10. The van der Waals surface area contributed by atoms with Gasteiger partial charge >= 0.3 is 6.03 Å². The molecule has 0 bridgehead atoms. The second-order valence-corrected chi connectivity index (χ2v) is 5.82. The molecule has 1 N–H and O–H groups in total. The highest BCUT2D eigenvalue weighted by atomic mass is 16.5. The van der Waals surface area contributed by atoms with Crippen LogP contribution in [0.15, 0.2) is 4.52 Å². The summed E-state index contributed by atoms with van der Waals surface area (Å²) < 4.78 is 5.27. The van der Waals surface area contributed by atoms with Gasteiger partial charge in [0, 0.05) is 12.6 Å². The van der Waals surface area contributed by atoms with E-state index in [1.807, 2.05) is 4.90 Å². The van der Waals surface area contributed by atoms with Gasteiger partial charge in [0.05, 0.1) is 0 Å². The third-order valence-electron chi connectivity index (χ3n) is 4.27. The minimum absolute atomic E-state index is 0.0254. The fourth-order valence-corrected chi connectivity index (χ4v) is 3.21. The Kier molecular flexibility index (Phi) is 3.89. The zero-order valence-electron chi connectivity index (χ0n) is 12.0. The molecule has 1 aromatic rings. The predicted octanol–water partition coefficient (Wildman–Crippen LogP) is 2.56. The van der Waals surface area contributed by atoms with Crippen LogP contribution in [0, 0.1) is 6.92 Å². The molecule has 1 aliphatic heterocycles. The van der Waals surface area contributed by atoms with E-state index in [4.69, 9.17) is 4.52 Å². The van der Waals surface area contributed by atoms with Crippen molar-refractivity contribution in [1.82, 2.24) is 20.4 Å². The highest BCUT2D eigenvalue weighted by molar-refractivity contribution is 5.75. The molecule has 3 rings (SSSR count). The van der Waals surface area contributed by atoms with Gasteiger partial charge in [0.2, 0.25) is 5.89 Å². The number of rotatable bonds is 2. The third-order valence-corrected chi connectivity index (χ3v) is 4.27. The van der Waals surface area contributed by atoms with E-state index >= 15 is 0 Å². The largest absolute Gasteiger partial charge is 0.337 e. The van der Waals surface area contributed by atoms with Crippen molar-refractivity contribution >= 4 is 6.03 Å². The number of nitrogens with one attached hydrogen (secondary N) is 1. The van der Waals surface area contributed by atoms with Gasteiger partial charge in [0.15, 0.2) is 5.82 Å². The number of hydrogen-bond donors (Lipinski definition) is 1. The SMILES string of the molecule is Cc1noc([C@H]2CCCCN2C(=O)NC2CCCC2)n1. The Morgan fingerprint density at radius 1 is 1.25 bits per heavy atom. The number of carbonyl (C=O) groups is 1. The minimum Gasteiger partial charge on any atom is -0.337 e. The quantitative estimate of drug-likeness (QED) is 0.902. The van der Waals surface area contributed by atoms with Crippen molar-refractivity contribution in [3.8, 4) is 0 Å². The Hall–Kier alpha value is -1.59. The summed E-state index contributed by atoms with van der Waals surface area (Å²) in [6.07, 6.45) is 7.68. The molecule has 6 heteroatoms.